The minimum atomic E-state index is -1.61. The molecule has 0 amide bonds. The SMILES string of the molecule is COc1nc(N2[C@@H]3CC[C@H]2CNC3)cc2c1c(=O)n(-c1cc(C)cnn1)c(=O)n2Cc1cc(F)c(F)c(F)c1. The molecule has 0 aliphatic carbocycles. The zero-order valence-corrected chi connectivity index (χ0v) is 21.1. The second-order valence-electron chi connectivity index (χ2n) is 9.81. The van der Waals surface area contributed by atoms with E-state index in [9.17, 15) is 22.8 Å². The number of fused-ring (bicyclic) bond motifs is 3. The third-order valence-corrected chi connectivity index (χ3v) is 7.31. The van der Waals surface area contributed by atoms with Crippen molar-refractivity contribution in [1.29, 1.82) is 0 Å². The summed E-state index contributed by atoms with van der Waals surface area (Å²) >= 11 is 0. The molecule has 2 bridgehead atoms. The molecule has 4 aromatic rings. The summed E-state index contributed by atoms with van der Waals surface area (Å²) in [7, 11) is 1.37. The smallest absolute Gasteiger partial charge is 0.337 e. The Labute approximate surface area is 219 Å². The molecule has 2 aliphatic rings. The number of aromatic nitrogens is 5. The van der Waals surface area contributed by atoms with Crippen molar-refractivity contribution in [1.82, 2.24) is 29.6 Å². The monoisotopic (exact) mass is 539 g/mol. The number of hydrogen-bond acceptors (Lipinski definition) is 8. The lowest BCUT2D eigenvalue weighted by Gasteiger charge is -2.36. The molecule has 2 aliphatic heterocycles. The summed E-state index contributed by atoms with van der Waals surface area (Å²) in [5.41, 5.74) is -0.765. The van der Waals surface area contributed by atoms with Crippen molar-refractivity contribution in [3.05, 3.63) is 79.9 Å². The fourth-order valence-electron chi connectivity index (χ4n) is 5.56. The molecule has 0 spiro atoms. The lowest BCUT2D eigenvalue weighted by molar-refractivity contribution is 0.400. The Morgan fingerprint density at radius 1 is 1.03 bits per heavy atom. The number of piperazine rings is 1. The molecule has 2 atom stereocenters. The van der Waals surface area contributed by atoms with Crippen molar-refractivity contribution in [2.75, 3.05) is 25.1 Å². The molecular formula is C26H24F3N7O3. The Morgan fingerprint density at radius 2 is 1.72 bits per heavy atom. The van der Waals surface area contributed by atoms with Crippen LogP contribution >= 0.6 is 0 Å². The molecule has 202 valence electrons. The second-order valence-corrected chi connectivity index (χ2v) is 9.81. The van der Waals surface area contributed by atoms with Gasteiger partial charge in [-0.2, -0.15) is 10.1 Å². The van der Waals surface area contributed by atoms with Crippen LogP contribution in [0.1, 0.15) is 24.0 Å². The first-order valence-electron chi connectivity index (χ1n) is 12.4. The minimum Gasteiger partial charge on any atom is -0.480 e. The van der Waals surface area contributed by atoms with Crippen LogP contribution in [0.5, 0.6) is 5.88 Å². The van der Waals surface area contributed by atoms with Crippen LogP contribution in [-0.2, 0) is 6.54 Å². The summed E-state index contributed by atoms with van der Waals surface area (Å²) in [6, 6.07) is 5.10. The Balaban J connectivity index is 1.65. The molecular weight excluding hydrogens is 515 g/mol. The largest absolute Gasteiger partial charge is 0.480 e. The molecule has 2 fully saturated rings. The number of nitrogens with zero attached hydrogens (tertiary/aromatic N) is 6. The van der Waals surface area contributed by atoms with E-state index < -0.39 is 28.7 Å². The summed E-state index contributed by atoms with van der Waals surface area (Å²) in [4.78, 5) is 34.5. The molecule has 3 aromatic heterocycles. The topological polar surface area (TPSA) is 107 Å². The van der Waals surface area contributed by atoms with Crippen LogP contribution in [0.25, 0.3) is 16.7 Å². The highest BCUT2D eigenvalue weighted by molar-refractivity contribution is 5.86. The third-order valence-electron chi connectivity index (χ3n) is 7.31. The predicted octanol–water partition coefficient (Wildman–Crippen LogP) is 2.06. The predicted molar refractivity (Wildman–Crippen MR) is 136 cm³/mol. The number of hydrogen-bond donors (Lipinski definition) is 1. The maximum atomic E-state index is 14.1. The van der Waals surface area contributed by atoms with Gasteiger partial charge in [-0.15, -0.1) is 5.10 Å². The van der Waals surface area contributed by atoms with Gasteiger partial charge in [-0.05, 0) is 49.1 Å². The van der Waals surface area contributed by atoms with E-state index in [-0.39, 0.29) is 46.8 Å². The Hall–Kier alpha value is -4.26. The van der Waals surface area contributed by atoms with E-state index in [1.54, 1.807) is 13.0 Å². The molecule has 13 heteroatoms. The molecule has 6 rings (SSSR count). The molecule has 0 saturated carbocycles. The van der Waals surface area contributed by atoms with Crippen LogP contribution < -0.4 is 26.2 Å². The van der Waals surface area contributed by atoms with Crippen LogP contribution in [0.3, 0.4) is 0 Å². The first-order chi connectivity index (χ1) is 18.8. The Morgan fingerprint density at radius 3 is 2.36 bits per heavy atom. The number of halogens is 3. The molecule has 2 saturated heterocycles. The number of anilines is 1. The molecule has 5 heterocycles. The van der Waals surface area contributed by atoms with Crippen LogP contribution in [0.15, 0.2) is 40.1 Å². The zero-order valence-electron chi connectivity index (χ0n) is 21.1. The molecule has 0 unspecified atom stereocenters. The summed E-state index contributed by atoms with van der Waals surface area (Å²) in [5.74, 6) is -3.92. The van der Waals surface area contributed by atoms with Gasteiger partial charge in [0.25, 0.3) is 5.56 Å². The summed E-state index contributed by atoms with van der Waals surface area (Å²) < 4.78 is 49.5. The van der Waals surface area contributed by atoms with Gasteiger partial charge < -0.3 is 15.0 Å². The average molecular weight is 540 g/mol. The molecule has 1 aromatic carbocycles. The number of aryl methyl sites for hydroxylation is 1. The van der Waals surface area contributed by atoms with Gasteiger partial charge in [-0.3, -0.25) is 9.36 Å². The maximum Gasteiger partial charge on any atom is 0.337 e. The van der Waals surface area contributed by atoms with E-state index in [0.29, 0.717) is 11.4 Å². The Kier molecular flexibility index (Phi) is 6.09. The number of nitrogens with one attached hydrogen (secondary N) is 1. The second kappa shape index (κ2) is 9.49. The molecule has 1 N–H and O–H groups in total. The van der Waals surface area contributed by atoms with Crippen LogP contribution in [0.2, 0.25) is 0 Å². The van der Waals surface area contributed by atoms with Gasteiger partial charge in [0.2, 0.25) is 5.88 Å². The standard InChI is InChI=1S/C26H24F3N7O3/c1-13-5-21(33-31-9-13)36-25(37)22-19(34(26(36)38)12-14-6-17(27)23(29)18(28)7-14)8-20(32-24(22)39-2)35-15-3-4-16(35)11-30-10-15/h5-9,15-16,30H,3-4,10-12H2,1-2H3/t15-,16+. The van der Waals surface area contributed by atoms with Crippen molar-refractivity contribution in [2.45, 2.75) is 38.4 Å². The van der Waals surface area contributed by atoms with Crippen LogP contribution in [-0.4, -0.2) is 56.6 Å². The highest BCUT2D eigenvalue weighted by Crippen LogP contribution is 2.34. The van der Waals surface area contributed by atoms with E-state index in [2.05, 4.69) is 25.4 Å². The number of ether oxygens (including phenoxy) is 1. The molecule has 0 radical (unpaired) electrons. The van der Waals surface area contributed by atoms with Gasteiger partial charge in [-0.1, -0.05) is 0 Å². The van der Waals surface area contributed by atoms with Crippen molar-refractivity contribution >= 4 is 16.7 Å². The van der Waals surface area contributed by atoms with Crippen LogP contribution in [0.4, 0.5) is 19.0 Å². The van der Waals surface area contributed by atoms with E-state index in [1.807, 2.05) is 0 Å². The summed E-state index contributed by atoms with van der Waals surface area (Å²) in [6.45, 7) is 2.87. The highest BCUT2D eigenvalue weighted by atomic mass is 19.2. The average Bonchev–Trinajstić information content (AvgIpc) is 3.16. The quantitative estimate of drug-likeness (QED) is 0.384. The molecule has 10 nitrogen and oxygen atoms in total. The van der Waals surface area contributed by atoms with Gasteiger partial charge in [0, 0.05) is 31.2 Å². The van der Waals surface area contributed by atoms with Gasteiger partial charge in [0.15, 0.2) is 23.3 Å². The number of pyridine rings is 1. The van der Waals surface area contributed by atoms with Crippen molar-refractivity contribution < 1.29 is 17.9 Å². The fraction of sp³-hybridized carbons (Fsp3) is 0.346. The minimum absolute atomic E-state index is 0.00925. The first-order valence-corrected chi connectivity index (χ1v) is 12.4. The van der Waals surface area contributed by atoms with Gasteiger partial charge in [-0.25, -0.2) is 22.5 Å². The van der Waals surface area contributed by atoms with Gasteiger partial charge in [0.05, 0.1) is 25.4 Å². The van der Waals surface area contributed by atoms with Crippen LogP contribution in [0, 0.1) is 24.4 Å². The lowest BCUT2D eigenvalue weighted by atomic mass is 10.1. The van der Waals surface area contributed by atoms with E-state index in [1.165, 1.54) is 23.9 Å². The van der Waals surface area contributed by atoms with Crippen molar-refractivity contribution in [3.8, 4) is 11.7 Å². The van der Waals surface area contributed by atoms with Crippen molar-refractivity contribution in [2.24, 2.45) is 0 Å². The van der Waals surface area contributed by atoms with Gasteiger partial charge in [0.1, 0.15) is 11.2 Å². The molecule has 39 heavy (non-hydrogen) atoms. The summed E-state index contributed by atoms with van der Waals surface area (Å²) in [6.07, 6.45) is 3.37. The zero-order chi connectivity index (χ0) is 27.4. The maximum absolute atomic E-state index is 14.1. The first kappa shape index (κ1) is 25.0. The van der Waals surface area contributed by atoms with E-state index in [0.717, 1.165) is 42.6 Å². The van der Waals surface area contributed by atoms with E-state index in [4.69, 9.17) is 4.74 Å². The highest BCUT2D eigenvalue weighted by Gasteiger charge is 2.38. The Bertz CT molecular complexity index is 1700. The van der Waals surface area contributed by atoms with Gasteiger partial charge >= 0.3 is 5.69 Å². The fourth-order valence-corrected chi connectivity index (χ4v) is 5.56. The van der Waals surface area contributed by atoms with E-state index >= 15 is 0 Å². The number of rotatable bonds is 5. The summed E-state index contributed by atoms with van der Waals surface area (Å²) in [5, 5.41) is 11.2. The number of benzene rings is 1. The van der Waals surface area contributed by atoms with Crippen molar-refractivity contribution in [3.63, 3.8) is 0 Å². The third kappa shape index (κ3) is 4.13. The lowest BCUT2D eigenvalue weighted by Crippen LogP contribution is -2.52. The normalized spacial score (nSPS) is 18.6. The number of methoxy groups -OCH3 is 1.